The highest BCUT2D eigenvalue weighted by Crippen LogP contribution is 2.24. The fraction of sp³-hybridized carbons (Fsp3) is 0.273. The molecule has 1 N–H and O–H groups in total. The molecule has 1 amide bonds. The van der Waals surface area contributed by atoms with Crippen LogP contribution in [0.2, 0.25) is 0 Å². The van der Waals surface area contributed by atoms with Crippen LogP contribution in [0, 0.1) is 11.3 Å². The Morgan fingerprint density at radius 1 is 1.21 bits per heavy atom. The standard InChI is InChI=1S/C22H23N3O3/c1-2-28-21-6-4-3-5-20(21)24-22(26)18(16-23)15-17-7-9-19(10-8-17)25-11-13-27-14-12-25/h3-10,15H,2,11-14H2,1H3,(H,24,26). The first kappa shape index (κ1) is 19.5. The van der Waals surface area contributed by atoms with Crippen molar-refractivity contribution >= 4 is 23.4 Å². The highest BCUT2D eigenvalue weighted by Gasteiger charge is 2.13. The van der Waals surface area contributed by atoms with Gasteiger partial charge in [-0.1, -0.05) is 24.3 Å². The molecule has 0 saturated carbocycles. The molecule has 6 heteroatoms. The molecule has 0 atom stereocenters. The first-order valence-electron chi connectivity index (χ1n) is 9.29. The number of amides is 1. The molecule has 1 fully saturated rings. The van der Waals surface area contributed by atoms with Crippen LogP contribution >= 0.6 is 0 Å². The van der Waals surface area contributed by atoms with Gasteiger partial charge in [-0.2, -0.15) is 5.26 Å². The average Bonchev–Trinajstić information content (AvgIpc) is 2.74. The molecule has 0 unspecified atom stereocenters. The van der Waals surface area contributed by atoms with Gasteiger partial charge in [0.15, 0.2) is 0 Å². The molecule has 2 aromatic rings. The summed E-state index contributed by atoms with van der Waals surface area (Å²) in [5.41, 5.74) is 2.47. The number of morpholine rings is 1. The molecule has 144 valence electrons. The molecule has 3 rings (SSSR count). The minimum absolute atomic E-state index is 0.0328. The van der Waals surface area contributed by atoms with Crippen molar-refractivity contribution in [3.05, 3.63) is 59.7 Å². The molecule has 1 aliphatic heterocycles. The Labute approximate surface area is 165 Å². The minimum Gasteiger partial charge on any atom is -0.492 e. The highest BCUT2D eigenvalue weighted by atomic mass is 16.5. The molecule has 28 heavy (non-hydrogen) atoms. The summed E-state index contributed by atoms with van der Waals surface area (Å²) in [4.78, 5) is 14.8. The van der Waals surface area contributed by atoms with Gasteiger partial charge in [-0.05, 0) is 42.8 Å². The van der Waals surface area contributed by atoms with Gasteiger partial charge >= 0.3 is 0 Å². The van der Waals surface area contributed by atoms with Crippen molar-refractivity contribution < 1.29 is 14.3 Å². The maximum Gasteiger partial charge on any atom is 0.266 e. The topological polar surface area (TPSA) is 74.6 Å². The highest BCUT2D eigenvalue weighted by molar-refractivity contribution is 6.10. The molecule has 1 heterocycles. The summed E-state index contributed by atoms with van der Waals surface area (Å²) >= 11 is 0. The molecule has 0 bridgehead atoms. The summed E-state index contributed by atoms with van der Waals surface area (Å²) in [5.74, 6) is 0.109. The second kappa shape index (κ2) is 9.58. The molecule has 0 aliphatic carbocycles. The quantitative estimate of drug-likeness (QED) is 0.616. The Morgan fingerprint density at radius 3 is 2.61 bits per heavy atom. The van der Waals surface area contributed by atoms with Crippen LogP contribution in [-0.2, 0) is 9.53 Å². The van der Waals surface area contributed by atoms with Crippen LogP contribution in [0.1, 0.15) is 12.5 Å². The largest absolute Gasteiger partial charge is 0.492 e. The maximum atomic E-state index is 12.5. The lowest BCUT2D eigenvalue weighted by Gasteiger charge is -2.28. The number of nitrogens with zero attached hydrogens (tertiary/aromatic N) is 2. The Hall–Kier alpha value is -3.30. The molecular weight excluding hydrogens is 354 g/mol. The smallest absolute Gasteiger partial charge is 0.266 e. The summed E-state index contributed by atoms with van der Waals surface area (Å²) in [6, 6.07) is 16.9. The molecule has 6 nitrogen and oxygen atoms in total. The van der Waals surface area contributed by atoms with Crippen LogP contribution in [0.15, 0.2) is 54.1 Å². The average molecular weight is 377 g/mol. The monoisotopic (exact) mass is 377 g/mol. The van der Waals surface area contributed by atoms with Gasteiger partial charge in [-0.25, -0.2) is 0 Å². The lowest BCUT2D eigenvalue weighted by molar-refractivity contribution is -0.112. The van der Waals surface area contributed by atoms with Crippen LogP contribution < -0.4 is 15.0 Å². The molecule has 0 radical (unpaired) electrons. The number of benzene rings is 2. The predicted molar refractivity (Wildman–Crippen MR) is 109 cm³/mol. The number of hydrogen-bond donors (Lipinski definition) is 1. The fourth-order valence-electron chi connectivity index (χ4n) is 2.96. The predicted octanol–water partition coefficient (Wildman–Crippen LogP) is 3.47. The number of carbonyl (C=O) groups is 1. The first-order chi connectivity index (χ1) is 13.7. The number of rotatable bonds is 6. The zero-order chi connectivity index (χ0) is 19.8. The van der Waals surface area contributed by atoms with Gasteiger partial charge in [0.05, 0.1) is 25.5 Å². The number of nitrogens with one attached hydrogen (secondary N) is 1. The zero-order valence-electron chi connectivity index (χ0n) is 15.9. The van der Waals surface area contributed by atoms with E-state index in [2.05, 4.69) is 10.2 Å². The van der Waals surface area contributed by atoms with Gasteiger partial charge in [0.2, 0.25) is 0 Å². The third-order valence-electron chi connectivity index (χ3n) is 4.38. The first-order valence-corrected chi connectivity index (χ1v) is 9.29. The van der Waals surface area contributed by atoms with Gasteiger partial charge in [0.1, 0.15) is 17.4 Å². The fourth-order valence-corrected chi connectivity index (χ4v) is 2.96. The SMILES string of the molecule is CCOc1ccccc1NC(=O)C(C#N)=Cc1ccc(N2CCOCC2)cc1. The lowest BCUT2D eigenvalue weighted by Crippen LogP contribution is -2.36. The van der Waals surface area contributed by atoms with E-state index >= 15 is 0 Å². The van der Waals surface area contributed by atoms with Gasteiger partial charge in [-0.3, -0.25) is 4.79 Å². The van der Waals surface area contributed by atoms with Crippen LogP contribution in [0.4, 0.5) is 11.4 Å². The molecular formula is C22H23N3O3. The number of nitriles is 1. The number of hydrogen-bond acceptors (Lipinski definition) is 5. The summed E-state index contributed by atoms with van der Waals surface area (Å²) in [7, 11) is 0. The Kier molecular flexibility index (Phi) is 6.66. The van der Waals surface area contributed by atoms with Gasteiger partial charge in [-0.15, -0.1) is 0 Å². The third kappa shape index (κ3) is 4.90. The third-order valence-corrected chi connectivity index (χ3v) is 4.38. The summed E-state index contributed by atoms with van der Waals surface area (Å²) < 4.78 is 10.9. The zero-order valence-corrected chi connectivity index (χ0v) is 15.9. The molecule has 1 aliphatic rings. The van der Waals surface area contributed by atoms with Crippen LogP contribution in [0.25, 0.3) is 6.08 Å². The normalized spacial score (nSPS) is 14.3. The molecule has 1 saturated heterocycles. The lowest BCUT2D eigenvalue weighted by atomic mass is 10.1. The van der Waals surface area contributed by atoms with E-state index in [9.17, 15) is 10.1 Å². The van der Waals surface area contributed by atoms with Crippen LogP contribution in [0.3, 0.4) is 0 Å². The molecule has 0 spiro atoms. The van der Waals surface area contributed by atoms with E-state index in [0.29, 0.717) is 18.0 Å². The van der Waals surface area contributed by atoms with E-state index in [1.807, 2.05) is 43.3 Å². The van der Waals surface area contributed by atoms with Crippen molar-refractivity contribution in [2.24, 2.45) is 0 Å². The summed E-state index contributed by atoms with van der Waals surface area (Å²) in [5, 5.41) is 12.2. The Bertz CT molecular complexity index is 879. The van der Waals surface area contributed by atoms with E-state index in [1.165, 1.54) is 0 Å². The van der Waals surface area contributed by atoms with E-state index < -0.39 is 5.91 Å². The maximum absolute atomic E-state index is 12.5. The number of ether oxygens (including phenoxy) is 2. The van der Waals surface area contributed by atoms with Crippen molar-refractivity contribution in [3.8, 4) is 11.8 Å². The summed E-state index contributed by atoms with van der Waals surface area (Å²) in [6.45, 7) is 5.54. The molecule has 2 aromatic carbocycles. The number of anilines is 2. The number of para-hydroxylation sites is 2. The number of carbonyl (C=O) groups excluding carboxylic acids is 1. The second-order valence-corrected chi connectivity index (χ2v) is 6.24. The van der Waals surface area contributed by atoms with Crippen molar-refractivity contribution in [2.45, 2.75) is 6.92 Å². The van der Waals surface area contributed by atoms with Crippen molar-refractivity contribution in [3.63, 3.8) is 0 Å². The van der Waals surface area contributed by atoms with E-state index in [-0.39, 0.29) is 5.57 Å². The van der Waals surface area contributed by atoms with Gasteiger partial charge in [0, 0.05) is 18.8 Å². The van der Waals surface area contributed by atoms with E-state index in [4.69, 9.17) is 9.47 Å². The Morgan fingerprint density at radius 2 is 1.93 bits per heavy atom. The van der Waals surface area contributed by atoms with Crippen molar-refractivity contribution in [1.82, 2.24) is 0 Å². The van der Waals surface area contributed by atoms with E-state index in [0.717, 1.165) is 37.6 Å². The van der Waals surface area contributed by atoms with Gasteiger partial charge in [0.25, 0.3) is 5.91 Å². The van der Waals surface area contributed by atoms with Crippen molar-refractivity contribution in [2.75, 3.05) is 43.1 Å². The van der Waals surface area contributed by atoms with E-state index in [1.54, 1.807) is 24.3 Å². The second-order valence-electron chi connectivity index (χ2n) is 6.24. The van der Waals surface area contributed by atoms with Gasteiger partial charge < -0.3 is 19.7 Å². The van der Waals surface area contributed by atoms with Crippen molar-refractivity contribution in [1.29, 1.82) is 5.26 Å². The Balaban J connectivity index is 1.72. The van der Waals surface area contributed by atoms with Crippen LogP contribution in [0.5, 0.6) is 5.75 Å². The minimum atomic E-state index is -0.466. The van der Waals surface area contributed by atoms with Crippen LogP contribution in [-0.4, -0.2) is 38.8 Å². The molecule has 0 aromatic heterocycles. The summed E-state index contributed by atoms with van der Waals surface area (Å²) in [6.07, 6.45) is 1.59.